The fraction of sp³-hybridized carbons (Fsp3) is 0.0769. The maximum Gasteiger partial charge on any atom is 0.146 e. The van der Waals surface area contributed by atoms with Gasteiger partial charge in [0, 0.05) is 17.1 Å². The largest absolute Gasteiger partial charge is 0.378 e. The molecule has 0 aliphatic heterocycles. The second kappa shape index (κ2) is 5.84. The Morgan fingerprint density at radius 3 is 2.47 bits per heavy atom. The summed E-state index contributed by atoms with van der Waals surface area (Å²) in [6.07, 6.45) is 0. The predicted octanol–water partition coefficient (Wildman–Crippen LogP) is 5.13. The van der Waals surface area contributed by atoms with Crippen LogP contribution in [0.1, 0.15) is 5.56 Å². The standard InChI is InChI=1S/C13H8BrClF3N/c14-9-2-4-10(16)8(13(9)18)6-19-12-5-7(15)1-3-11(12)17/h1-5,19H,6H2. The van der Waals surface area contributed by atoms with E-state index in [0.717, 1.165) is 6.07 Å². The molecule has 6 heteroatoms. The number of rotatable bonds is 3. The van der Waals surface area contributed by atoms with Gasteiger partial charge in [0.05, 0.1) is 10.2 Å². The van der Waals surface area contributed by atoms with Gasteiger partial charge in [0.15, 0.2) is 0 Å². The minimum absolute atomic E-state index is 0.0891. The summed E-state index contributed by atoms with van der Waals surface area (Å²) >= 11 is 8.69. The second-order valence-electron chi connectivity index (χ2n) is 3.80. The molecule has 0 fully saturated rings. The van der Waals surface area contributed by atoms with Crippen molar-refractivity contribution < 1.29 is 13.2 Å². The Bertz CT molecular complexity index is 619. The summed E-state index contributed by atoms with van der Waals surface area (Å²) in [7, 11) is 0. The number of halogens is 5. The lowest BCUT2D eigenvalue weighted by Gasteiger charge is -2.10. The van der Waals surface area contributed by atoms with Crippen molar-refractivity contribution in [1.82, 2.24) is 0 Å². The molecule has 0 amide bonds. The molecule has 0 aliphatic carbocycles. The van der Waals surface area contributed by atoms with Crippen molar-refractivity contribution >= 4 is 33.2 Å². The van der Waals surface area contributed by atoms with Crippen LogP contribution in [0, 0.1) is 17.5 Å². The first-order valence-corrected chi connectivity index (χ1v) is 6.47. The van der Waals surface area contributed by atoms with Crippen LogP contribution < -0.4 is 5.32 Å². The SMILES string of the molecule is Fc1ccc(Cl)cc1NCc1c(F)ccc(Br)c1F. The van der Waals surface area contributed by atoms with Gasteiger partial charge in [-0.1, -0.05) is 11.6 Å². The van der Waals surface area contributed by atoms with Crippen LogP contribution in [0.5, 0.6) is 0 Å². The van der Waals surface area contributed by atoms with Crippen LogP contribution in [0.25, 0.3) is 0 Å². The molecule has 0 unspecified atom stereocenters. The minimum Gasteiger partial charge on any atom is -0.378 e. The first-order valence-electron chi connectivity index (χ1n) is 5.30. The summed E-state index contributed by atoms with van der Waals surface area (Å²) in [6, 6.07) is 6.33. The maximum atomic E-state index is 13.7. The number of anilines is 1. The van der Waals surface area contributed by atoms with Crippen LogP contribution in [0.3, 0.4) is 0 Å². The lowest BCUT2D eigenvalue weighted by Crippen LogP contribution is -2.06. The Labute approximate surface area is 121 Å². The van der Waals surface area contributed by atoms with E-state index in [1.54, 1.807) is 0 Å². The van der Waals surface area contributed by atoms with E-state index in [9.17, 15) is 13.2 Å². The molecule has 0 atom stereocenters. The van der Waals surface area contributed by atoms with Gasteiger partial charge in [0.2, 0.25) is 0 Å². The number of benzene rings is 2. The predicted molar refractivity (Wildman–Crippen MR) is 72.8 cm³/mol. The fourth-order valence-electron chi connectivity index (χ4n) is 1.55. The van der Waals surface area contributed by atoms with Crippen LogP contribution in [0.4, 0.5) is 18.9 Å². The second-order valence-corrected chi connectivity index (χ2v) is 5.09. The van der Waals surface area contributed by atoms with Gasteiger partial charge in [-0.15, -0.1) is 0 Å². The van der Waals surface area contributed by atoms with Crippen LogP contribution in [0.15, 0.2) is 34.8 Å². The Morgan fingerprint density at radius 2 is 1.74 bits per heavy atom. The molecule has 0 saturated carbocycles. The van der Waals surface area contributed by atoms with E-state index >= 15 is 0 Å². The summed E-state index contributed by atoms with van der Waals surface area (Å²) in [6.45, 7) is -0.186. The van der Waals surface area contributed by atoms with Crippen LogP contribution in [0.2, 0.25) is 5.02 Å². The average Bonchev–Trinajstić information content (AvgIpc) is 2.38. The quantitative estimate of drug-likeness (QED) is 0.757. The number of hydrogen-bond donors (Lipinski definition) is 1. The molecule has 0 bridgehead atoms. The van der Waals surface area contributed by atoms with E-state index in [4.69, 9.17) is 11.6 Å². The summed E-state index contributed by atoms with van der Waals surface area (Å²) in [4.78, 5) is 0. The van der Waals surface area contributed by atoms with Gasteiger partial charge >= 0.3 is 0 Å². The molecule has 0 spiro atoms. The topological polar surface area (TPSA) is 12.0 Å². The van der Waals surface area contributed by atoms with E-state index in [0.29, 0.717) is 5.02 Å². The molecule has 100 valence electrons. The number of nitrogens with one attached hydrogen (secondary N) is 1. The van der Waals surface area contributed by atoms with E-state index < -0.39 is 17.5 Å². The number of hydrogen-bond acceptors (Lipinski definition) is 1. The molecule has 2 aromatic rings. The minimum atomic E-state index is -0.713. The average molecular weight is 351 g/mol. The van der Waals surface area contributed by atoms with Gasteiger partial charge in [-0.05, 0) is 46.3 Å². The molecule has 0 saturated heterocycles. The molecule has 0 radical (unpaired) electrons. The molecule has 0 heterocycles. The van der Waals surface area contributed by atoms with Crippen molar-refractivity contribution in [3.05, 3.63) is 62.8 Å². The summed E-state index contributed by atoms with van der Waals surface area (Å²) in [5, 5.41) is 2.95. The fourth-order valence-corrected chi connectivity index (χ4v) is 2.09. The van der Waals surface area contributed by atoms with Crippen LogP contribution in [-0.2, 0) is 6.54 Å². The molecular weight excluding hydrogens is 343 g/mol. The lowest BCUT2D eigenvalue weighted by atomic mass is 10.2. The Hall–Kier alpha value is -1.20. The van der Waals surface area contributed by atoms with E-state index in [-0.39, 0.29) is 22.3 Å². The van der Waals surface area contributed by atoms with E-state index in [1.807, 2.05) is 0 Å². The van der Waals surface area contributed by atoms with Gasteiger partial charge in [0.25, 0.3) is 0 Å². The van der Waals surface area contributed by atoms with Crippen molar-refractivity contribution in [2.24, 2.45) is 0 Å². The molecule has 2 rings (SSSR count). The highest BCUT2D eigenvalue weighted by Crippen LogP contribution is 2.24. The van der Waals surface area contributed by atoms with Gasteiger partial charge in [-0.25, -0.2) is 13.2 Å². The summed E-state index contributed by atoms with van der Waals surface area (Å²) in [5.74, 6) is -1.95. The van der Waals surface area contributed by atoms with Crippen LogP contribution in [-0.4, -0.2) is 0 Å². The maximum absolute atomic E-state index is 13.7. The molecule has 1 N–H and O–H groups in total. The molecule has 2 aromatic carbocycles. The normalized spacial score (nSPS) is 10.6. The molecule has 19 heavy (non-hydrogen) atoms. The molecule has 0 aliphatic rings. The third kappa shape index (κ3) is 3.22. The Balaban J connectivity index is 2.24. The van der Waals surface area contributed by atoms with E-state index in [1.165, 1.54) is 24.3 Å². The zero-order chi connectivity index (χ0) is 14.0. The molecule has 0 aromatic heterocycles. The van der Waals surface area contributed by atoms with Crippen molar-refractivity contribution in [1.29, 1.82) is 0 Å². The van der Waals surface area contributed by atoms with Crippen LogP contribution >= 0.6 is 27.5 Å². The third-order valence-electron chi connectivity index (χ3n) is 2.52. The van der Waals surface area contributed by atoms with Crippen molar-refractivity contribution in [3.8, 4) is 0 Å². The Morgan fingerprint density at radius 1 is 1.05 bits per heavy atom. The highest BCUT2D eigenvalue weighted by Gasteiger charge is 2.13. The smallest absolute Gasteiger partial charge is 0.146 e. The molecular formula is C13H8BrClF3N. The monoisotopic (exact) mass is 349 g/mol. The molecule has 1 nitrogen and oxygen atoms in total. The summed E-state index contributed by atoms with van der Waals surface area (Å²) in [5.41, 5.74) is -0.0833. The highest BCUT2D eigenvalue weighted by atomic mass is 79.9. The highest BCUT2D eigenvalue weighted by molar-refractivity contribution is 9.10. The van der Waals surface area contributed by atoms with Crippen molar-refractivity contribution in [2.45, 2.75) is 6.54 Å². The van der Waals surface area contributed by atoms with Gasteiger partial charge in [-0.3, -0.25) is 0 Å². The van der Waals surface area contributed by atoms with Gasteiger partial charge in [-0.2, -0.15) is 0 Å². The lowest BCUT2D eigenvalue weighted by molar-refractivity contribution is 0.555. The van der Waals surface area contributed by atoms with Gasteiger partial charge in [0.1, 0.15) is 17.5 Å². The first kappa shape index (κ1) is 14.2. The van der Waals surface area contributed by atoms with Crippen molar-refractivity contribution in [3.63, 3.8) is 0 Å². The zero-order valence-electron chi connectivity index (χ0n) is 9.48. The third-order valence-corrected chi connectivity index (χ3v) is 3.37. The van der Waals surface area contributed by atoms with E-state index in [2.05, 4.69) is 21.2 Å². The Kier molecular flexibility index (Phi) is 4.37. The zero-order valence-corrected chi connectivity index (χ0v) is 11.8. The first-order chi connectivity index (χ1) is 8.99. The van der Waals surface area contributed by atoms with Crippen molar-refractivity contribution in [2.75, 3.05) is 5.32 Å². The van der Waals surface area contributed by atoms with Gasteiger partial charge < -0.3 is 5.32 Å². The summed E-state index contributed by atoms with van der Waals surface area (Å²) < 4.78 is 40.8.